The zero-order valence-corrected chi connectivity index (χ0v) is 21.2. The topological polar surface area (TPSA) is 6.48 Å². The Morgan fingerprint density at radius 3 is 1.30 bits per heavy atom. The SMILES string of the molecule is CCCCCCCCCCCCCCCCN1C=CN(CCC)C1CCCCCC. The molecule has 0 bridgehead atoms. The van der Waals surface area contributed by atoms with Gasteiger partial charge in [0.25, 0.3) is 0 Å². The van der Waals surface area contributed by atoms with Crippen molar-refractivity contribution >= 4 is 0 Å². The Hall–Kier alpha value is -0.660. The van der Waals surface area contributed by atoms with E-state index in [2.05, 4.69) is 43.0 Å². The third-order valence-corrected chi connectivity index (χ3v) is 6.78. The van der Waals surface area contributed by atoms with Gasteiger partial charge in [0.15, 0.2) is 0 Å². The minimum absolute atomic E-state index is 0.642. The van der Waals surface area contributed by atoms with E-state index in [0.717, 1.165) is 0 Å². The molecule has 0 N–H and O–H groups in total. The lowest BCUT2D eigenvalue weighted by Crippen LogP contribution is -2.39. The molecule has 0 saturated heterocycles. The smallest absolute Gasteiger partial charge is 0.101 e. The van der Waals surface area contributed by atoms with E-state index in [-0.39, 0.29) is 0 Å². The molecule has 0 fully saturated rings. The molecule has 0 amide bonds. The summed E-state index contributed by atoms with van der Waals surface area (Å²) >= 11 is 0. The molecule has 1 aliphatic heterocycles. The lowest BCUT2D eigenvalue weighted by molar-refractivity contribution is 0.137. The summed E-state index contributed by atoms with van der Waals surface area (Å²) in [4.78, 5) is 5.23. The maximum absolute atomic E-state index is 2.64. The summed E-state index contributed by atoms with van der Waals surface area (Å²) in [5.41, 5.74) is 0. The van der Waals surface area contributed by atoms with Gasteiger partial charge in [-0.2, -0.15) is 0 Å². The number of nitrogens with zero attached hydrogens (tertiary/aromatic N) is 2. The molecule has 2 heteroatoms. The standard InChI is InChI=1S/C28H56N2/c1-4-7-9-11-12-13-14-15-16-17-18-19-20-22-25-30-27-26-29(24-6-3)28(30)23-21-10-8-5-2/h26-28H,4-25H2,1-3H3. The van der Waals surface area contributed by atoms with E-state index in [4.69, 9.17) is 0 Å². The van der Waals surface area contributed by atoms with Crippen LogP contribution in [0.25, 0.3) is 0 Å². The highest BCUT2D eigenvalue weighted by Crippen LogP contribution is 2.23. The third-order valence-electron chi connectivity index (χ3n) is 6.78. The fourth-order valence-corrected chi connectivity index (χ4v) is 4.84. The van der Waals surface area contributed by atoms with Gasteiger partial charge in [-0.1, -0.05) is 124 Å². The van der Waals surface area contributed by atoms with Crippen LogP contribution in [0.5, 0.6) is 0 Å². The number of unbranched alkanes of at least 4 members (excludes halogenated alkanes) is 16. The number of hydrogen-bond donors (Lipinski definition) is 0. The summed E-state index contributed by atoms with van der Waals surface area (Å²) in [6.45, 7) is 9.38. The Labute approximate surface area is 190 Å². The minimum Gasteiger partial charge on any atom is -0.356 e. The van der Waals surface area contributed by atoms with Crippen molar-refractivity contribution in [1.82, 2.24) is 9.80 Å². The van der Waals surface area contributed by atoms with Crippen LogP contribution in [0.3, 0.4) is 0 Å². The van der Waals surface area contributed by atoms with Gasteiger partial charge in [-0.3, -0.25) is 0 Å². The summed E-state index contributed by atoms with van der Waals surface area (Å²) in [5, 5.41) is 0. The van der Waals surface area contributed by atoms with E-state index in [1.807, 2.05) is 0 Å². The largest absolute Gasteiger partial charge is 0.356 e. The molecular weight excluding hydrogens is 364 g/mol. The highest BCUT2D eigenvalue weighted by atomic mass is 15.4. The molecule has 1 rings (SSSR count). The Morgan fingerprint density at radius 2 is 0.833 bits per heavy atom. The summed E-state index contributed by atoms with van der Waals surface area (Å²) in [6, 6.07) is 0. The Morgan fingerprint density at radius 1 is 0.433 bits per heavy atom. The fourth-order valence-electron chi connectivity index (χ4n) is 4.84. The first-order valence-corrected chi connectivity index (χ1v) is 14.0. The van der Waals surface area contributed by atoms with E-state index in [1.54, 1.807) is 0 Å². The summed E-state index contributed by atoms with van der Waals surface area (Å²) < 4.78 is 0. The predicted octanol–water partition coefficient (Wildman–Crippen LogP) is 9.26. The first kappa shape index (κ1) is 27.4. The zero-order chi connectivity index (χ0) is 21.7. The molecule has 1 heterocycles. The molecule has 0 aromatic carbocycles. The highest BCUT2D eigenvalue weighted by molar-refractivity contribution is 4.96. The highest BCUT2D eigenvalue weighted by Gasteiger charge is 2.24. The van der Waals surface area contributed by atoms with Crippen molar-refractivity contribution in [3.05, 3.63) is 12.4 Å². The van der Waals surface area contributed by atoms with E-state index < -0.39 is 0 Å². The van der Waals surface area contributed by atoms with E-state index >= 15 is 0 Å². The van der Waals surface area contributed by atoms with Crippen LogP contribution in [0.2, 0.25) is 0 Å². The molecular formula is C28H56N2. The zero-order valence-electron chi connectivity index (χ0n) is 21.2. The van der Waals surface area contributed by atoms with Crippen molar-refractivity contribution in [3.63, 3.8) is 0 Å². The maximum Gasteiger partial charge on any atom is 0.101 e. The third kappa shape index (κ3) is 13.6. The minimum atomic E-state index is 0.642. The molecule has 0 aromatic heterocycles. The second kappa shape index (κ2) is 20.3. The number of rotatable bonds is 22. The van der Waals surface area contributed by atoms with Crippen LogP contribution in [-0.2, 0) is 0 Å². The average molecular weight is 421 g/mol. The number of hydrogen-bond acceptors (Lipinski definition) is 2. The van der Waals surface area contributed by atoms with Gasteiger partial charge < -0.3 is 9.80 Å². The van der Waals surface area contributed by atoms with Gasteiger partial charge in [0.2, 0.25) is 0 Å². The van der Waals surface area contributed by atoms with Gasteiger partial charge in [-0.25, -0.2) is 0 Å². The van der Waals surface area contributed by atoms with Gasteiger partial charge in [-0.15, -0.1) is 0 Å². The van der Waals surface area contributed by atoms with Crippen LogP contribution < -0.4 is 0 Å². The molecule has 0 spiro atoms. The Kier molecular flexibility index (Phi) is 18.5. The fraction of sp³-hybridized carbons (Fsp3) is 0.929. The molecule has 2 nitrogen and oxygen atoms in total. The normalized spacial score (nSPS) is 16.2. The van der Waals surface area contributed by atoms with E-state index in [0.29, 0.717) is 6.17 Å². The molecule has 30 heavy (non-hydrogen) atoms. The second-order valence-corrected chi connectivity index (χ2v) is 9.70. The van der Waals surface area contributed by atoms with Gasteiger partial charge in [0, 0.05) is 25.5 Å². The van der Waals surface area contributed by atoms with Crippen molar-refractivity contribution in [2.75, 3.05) is 13.1 Å². The quantitative estimate of drug-likeness (QED) is 0.161. The molecule has 0 saturated carbocycles. The maximum atomic E-state index is 2.64. The van der Waals surface area contributed by atoms with Crippen LogP contribution in [0, 0.1) is 0 Å². The van der Waals surface area contributed by atoms with Crippen molar-refractivity contribution in [2.24, 2.45) is 0 Å². The van der Waals surface area contributed by atoms with Crippen molar-refractivity contribution in [1.29, 1.82) is 0 Å². The van der Waals surface area contributed by atoms with Crippen LogP contribution >= 0.6 is 0 Å². The van der Waals surface area contributed by atoms with Gasteiger partial charge >= 0.3 is 0 Å². The summed E-state index contributed by atoms with van der Waals surface area (Å²) in [5.74, 6) is 0. The van der Waals surface area contributed by atoms with Crippen LogP contribution in [-0.4, -0.2) is 29.1 Å². The van der Waals surface area contributed by atoms with Crippen LogP contribution in [0.1, 0.15) is 149 Å². The lowest BCUT2D eigenvalue weighted by atomic mass is 10.0. The van der Waals surface area contributed by atoms with Gasteiger partial charge in [0.05, 0.1) is 0 Å². The van der Waals surface area contributed by atoms with Gasteiger partial charge in [0.1, 0.15) is 6.17 Å². The van der Waals surface area contributed by atoms with Crippen LogP contribution in [0.4, 0.5) is 0 Å². The second-order valence-electron chi connectivity index (χ2n) is 9.70. The summed E-state index contributed by atoms with van der Waals surface area (Å²) in [6.07, 6.45) is 33.7. The van der Waals surface area contributed by atoms with E-state index in [1.165, 1.54) is 142 Å². The van der Waals surface area contributed by atoms with Crippen molar-refractivity contribution in [3.8, 4) is 0 Å². The predicted molar refractivity (Wildman–Crippen MR) is 136 cm³/mol. The molecule has 1 unspecified atom stereocenters. The summed E-state index contributed by atoms with van der Waals surface area (Å²) in [7, 11) is 0. The monoisotopic (exact) mass is 420 g/mol. The van der Waals surface area contributed by atoms with E-state index in [9.17, 15) is 0 Å². The first-order valence-electron chi connectivity index (χ1n) is 14.0. The Balaban J connectivity index is 1.99. The first-order chi connectivity index (χ1) is 14.8. The van der Waals surface area contributed by atoms with Gasteiger partial charge in [-0.05, 0) is 25.7 Å². The van der Waals surface area contributed by atoms with Crippen molar-refractivity contribution < 1.29 is 0 Å². The lowest BCUT2D eigenvalue weighted by Gasteiger charge is -2.33. The molecule has 1 atom stereocenters. The van der Waals surface area contributed by atoms with Crippen LogP contribution in [0.15, 0.2) is 12.4 Å². The Bertz CT molecular complexity index is 379. The molecule has 0 aromatic rings. The van der Waals surface area contributed by atoms with Crippen molar-refractivity contribution in [2.45, 2.75) is 155 Å². The molecule has 0 radical (unpaired) electrons. The molecule has 178 valence electrons. The molecule has 0 aliphatic carbocycles. The average Bonchev–Trinajstić information content (AvgIpc) is 3.13. The molecule has 1 aliphatic rings.